The van der Waals surface area contributed by atoms with E-state index in [1.165, 1.54) is 18.3 Å². The first-order valence-electron chi connectivity index (χ1n) is 10.2. The first kappa shape index (κ1) is 21.5. The number of hydrogen-bond acceptors (Lipinski definition) is 3. The van der Waals surface area contributed by atoms with Gasteiger partial charge in [0.15, 0.2) is 0 Å². The topological polar surface area (TPSA) is 46.0 Å². The van der Waals surface area contributed by atoms with Crippen LogP contribution in [0.4, 0.5) is 4.39 Å². The molecule has 5 rings (SSSR count). The van der Waals surface area contributed by atoms with E-state index >= 15 is 0 Å². The van der Waals surface area contributed by atoms with Gasteiger partial charge in [0.1, 0.15) is 16.6 Å². The standard InChI is InChI=1S/C27H17Cl2FN2O/c28-25-12-10-20(15-32-25)27(33,18-7-4-8-21(30)13-18)19-9-11-24-22(14-19)26(29)23(16-31-24)17-5-2-1-3-6-17/h1-16,33H. The second kappa shape index (κ2) is 8.56. The molecule has 5 aromatic rings. The molecule has 33 heavy (non-hydrogen) atoms. The highest BCUT2D eigenvalue weighted by Crippen LogP contribution is 2.40. The van der Waals surface area contributed by atoms with Crippen LogP contribution in [0.2, 0.25) is 10.2 Å². The first-order valence-corrected chi connectivity index (χ1v) is 11.0. The third-order valence-electron chi connectivity index (χ3n) is 5.69. The maximum absolute atomic E-state index is 14.2. The average Bonchev–Trinajstić information content (AvgIpc) is 2.85. The van der Waals surface area contributed by atoms with E-state index in [2.05, 4.69) is 9.97 Å². The number of aliphatic hydroxyl groups is 1. The molecular formula is C27H17Cl2FN2O. The molecule has 1 atom stereocenters. The fourth-order valence-corrected chi connectivity index (χ4v) is 4.43. The highest BCUT2D eigenvalue weighted by atomic mass is 35.5. The Balaban J connectivity index is 1.76. The number of aromatic nitrogens is 2. The maximum atomic E-state index is 14.2. The van der Waals surface area contributed by atoms with Crippen LogP contribution in [0, 0.1) is 5.82 Å². The van der Waals surface area contributed by atoms with Gasteiger partial charge in [-0.3, -0.25) is 4.98 Å². The lowest BCUT2D eigenvalue weighted by Gasteiger charge is -2.30. The van der Waals surface area contributed by atoms with E-state index in [4.69, 9.17) is 23.2 Å². The van der Waals surface area contributed by atoms with Crippen molar-refractivity contribution < 1.29 is 9.50 Å². The molecule has 3 aromatic carbocycles. The van der Waals surface area contributed by atoms with Crippen LogP contribution < -0.4 is 0 Å². The van der Waals surface area contributed by atoms with E-state index in [0.29, 0.717) is 37.8 Å². The molecule has 2 heterocycles. The number of hydrogen-bond donors (Lipinski definition) is 1. The summed E-state index contributed by atoms with van der Waals surface area (Å²) in [5, 5.41) is 13.5. The highest BCUT2D eigenvalue weighted by Gasteiger charge is 2.35. The Morgan fingerprint density at radius 1 is 0.727 bits per heavy atom. The Hall–Kier alpha value is -3.31. The van der Waals surface area contributed by atoms with Crippen molar-refractivity contribution in [1.29, 1.82) is 0 Å². The molecule has 1 N–H and O–H groups in total. The van der Waals surface area contributed by atoms with Crippen molar-refractivity contribution in [2.24, 2.45) is 0 Å². The second-order valence-corrected chi connectivity index (χ2v) is 8.44. The van der Waals surface area contributed by atoms with Crippen LogP contribution in [0.3, 0.4) is 0 Å². The molecule has 0 aliphatic heterocycles. The molecule has 0 aliphatic rings. The lowest BCUT2D eigenvalue weighted by Crippen LogP contribution is -2.29. The minimum atomic E-state index is -1.69. The number of halogens is 3. The van der Waals surface area contributed by atoms with Crippen LogP contribution >= 0.6 is 23.2 Å². The summed E-state index contributed by atoms with van der Waals surface area (Å²) in [4.78, 5) is 8.68. The van der Waals surface area contributed by atoms with Crippen molar-refractivity contribution in [2.45, 2.75) is 5.60 Å². The molecule has 1 unspecified atom stereocenters. The van der Waals surface area contributed by atoms with Gasteiger partial charge in [-0.1, -0.05) is 77.8 Å². The molecule has 2 aromatic heterocycles. The number of nitrogens with zero attached hydrogens (tertiary/aromatic N) is 2. The van der Waals surface area contributed by atoms with Crippen LogP contribution in [0.5, 0.6) is 0 Å². The minimum absolute atomic E-state index is 0.290. The van der Waals surface area contributed by atoms with E-state index in [0.717, 1.165) is 11.1 Å². The van der Waals surface area contributed by atoms with Gasteiger partial charge in [0.05, 0.1) is 10.5 Å². The molecule has 0 saturated carbocycles. The Morgan fingerprint density at radius 3 is 2.21 bits per heavy atom. The van der Waals surface area contributed by atoms with Gasteiger partial charge in [0.2, 0.25) is 0 Å². The lowest BCUT2D eigenvalue weighted by atomic mass is 9.80. The van der Waals surface area contributed by atoms with E-state index in [-0.39, 0.29) is 0 Å². The van der Waals surface area contributed by atoms with Gasteiger partial charge in [-0.15, -0.1) is 0 Å². The molecule has 0 fully saturated rings. The van der Waals surface area contributed by atoms with Crippen molar-refractivity contribution in [1.82, 2.24) is 9.97 Å². The van der Waals surface area contributed by atoms with E-state index in [9.17, 15) is 9.50 Å². The van der Waals surface area contributed by atoms with Crippen LogP contribution in [-0.4, -0.2) is 15.1 Å². The highest BCUT2D eigenvalue weighted by molar-refractivity contribution is 6.38. The predicted molar refractivity (Wildman–Crippen MR) is 130 cm³/mol. The molecule has 0 bridgehead atoms. The van der Waals surface area contributed by atoms with Crippen molar-refractivity contribution in [3.63, 3.8) is 0 Å². The van der Waals surface area contributed by atoms with Gasteiger partial charge in [-0.2, -0.15) is 0 Å². The zero-order chi connectivity index (χ0) is 23.0. The van der Waals surface area contributed by atoms with Crippen molar-refractivity contribution >= 4 is 34.1 Å². The molecule has 0 aliphatic carbocycles. The Morgan fingerprint density at radius 2 is 1.48 bits per heavy atom. The smallest absolute Gasteiger partial charge is 0.142 e. The van der Waals surface area contributed by atoms with Crippen molar-refractivity contribution in [3.05, 3.63) is 130 Å². The van der Waals surface area contributed by atoms with Crippen LogP contribution in [0.1, 0.15) is 16.7 Å². The SMILES string of the molecule is OC(c1ccc(Cl)nc1)(c1cccc(F)c1)c1ccc2ncc(-c3ccccc3)c(Cl)c2c1. The molecular weight excluding hydrogens is 458 g/mol. The summed E-state index contributed by atoms with van der Waals surface area (Å²) >= 11 is 12.8. The summed E-state index contributed by atoms with van der Waals surface area (Å²) in [5.41, 5.74) is 2.00. The molecule has 6 heteroatoms. The second-order valence-electron chi connectivity index (χ2n) is 7.67. The third-order valence-corrected chi connectivity index (χ3v) is 6.32. The predicted octanol–water partition coefficient (Wildman–Crippen LogP) is 7.03. The van der Waals surface area contributed by atoms with Gasteiger partial charge in [0.25, 0.3) is 0 Å². The molecule has 0 saturated heterocycles. The number of fused-ring (bicyclic) bond motifs is 1. The lowest BCUT2D eigenvalue weighted by molar-refractivity contribution is 0.125. The van der Waals surface area contributed by atoms with Gasteiger partial charge in [-0.25, -0.2) is 9.37 Å². The molecule has 162 valence electrons. The largest absolute Gasteiger partial charge is 0.376 e. The Labute approximate surface area is 200 Å². The first-order chi connectivity index (χ1) is 16.0. The number of pyridine rings is 2. The van der Waals surface area contributed by atoms with E-state index in [1.54, 1.807) is 48.7 Å². The van der Waals surface area contributed by atoms with E-state index < -0.39 is 11.4 Å². The fraction of sp³-hybridized carbons (Fsp3) is 0.0370. The maximum Gasteiger partial charge on any atom is 0.142 e. The summed E-state index contributed by atoms with van der Waals surface area (Å²) in [7, 11) is 0. The normalized spacial score (nSPS) is 13.1. The van der Waals surface area contributed by atoms with Crippen LogP contribution in [-0.2, 0) is 5.60 Å². The van der Waals surface area contributed by atoms with Gasteiger partial charge in [-0.05, 0) is 47.0 Å². The van der Waals surface area contributed by atoms with Crippen LogP contribution in [0.15, 0.2) is 97.3 Å². The monoisotopic (exact) mass is 474 g/mol. The summed E-state index contributed by atoms with van der Waals surface area (Å²) in [6, 6.07) is 24.2. The zero-order valence-corrected chi connectivity index (χ0v) is 18.7. The van der Waals surface area contributed by atoms with E-state index in [1.807, 2.05) is 30.3 Å². The minimum Gasteiger partial charge on any atom is -0.376 e. The van der Waals surface area contributed by atoms with Gasteiger partial charge >= 0.3 is 0 Å². The molecule has 3 nitrogen and oxygen atoms in total. The number of rotatable bonds is 4. The summed E-state index contributed by atoms with van der Waals surface area (Å²) in [6.07, 6.45) is 3.22. The average molecular weight is 475 g/mol. The Kier molecular flexibility index (Phi) is 5.59. The summed E-state index contributed by atoms with van der Waals surface area (Å²) in [5.74, 6) is -0.459. The fourth-order valence-electron chi connectivity index (χ4n) is 4.01. The molecule has 0 amide bonds. The van der Waals surface area contributed by atoms with Gasteiger partial charge < -0.3 is 5.11 Å². The van der Waals surface area contributed by atoms with Gasteiger partial charge in [0, 0.05) is 28.9 Å². The Bertz CT molecular complexity index is 1460. The quantitative estimate of drug-likeness (QED) is 0.284. The third kappa shape index (κ3) is 3.87. The van der Waals surface area contributed by atoms with Crippen molar-refractivity contribution in [2.75, 3.05) is 0 Å². The zero-order valence-electron chi connectivity index (χ0n) is 17.2. The molecule has 0 radical (unpaired) electrons. The summed E-state index contributed by atoms with van der Waals surface area (Å²) < 4.78 is 14.2. The molecule has 0 spiro atoms. The van der Waals surface area contributed by atoms with Crippen molar-refractivity contribution in [3.8, 4) is 11.1 Å². The number of benzene rings is 3. The van der Waals surface area contributed by atoms with Crippen LogP contribution in [0.25, 0.3) is 22.0 Å². The summed E-state index contributed by atoms with van der Waals surface area (Å²) in [6.45, 7) is 0.